The minimum Gasteiger partial charge on any atom is -0.494 e. The second-order valence-corrected chi connectivity index (χ2v) is 6.10. The zero-order valence-corrected chi connectivity index (χ0v) is 14.8. The number of carbonyl (C=O) groups excluding carboxylic acids is 1. The van der Waals surface area contributed by atoms with E-state index in [1.54, 1.807) is 24.3 Å². The molecule has 1 aromatic carbocycles. The number of unbranched alkanes of at least 4 members (excludes halogenated alkanes) is 1. The van der Waals surface area contributed by atoms with E-state index < -0.39 is 11.4 Å². The van der Waals surface area contributed by atoms with Gasteiger partial charge in [-0.1, -0.05) is 26.7 Å². The SMILES string of the molecule is CCCCOc1ccc(OC(=O)C2(C#N)COC(CCC)OC2)cc1. The molecule has 0 radical (unpaired) electrons. The molecule has 0 aromatic heterocycles. The van der Waals surface area contributed by atoms with Gasteiger partial charge in [0, 0.05) is 0 Å². The number of hydrogen-bond acceptors (Lipinski definition) is 6. The van der Waals surface area contributed by atoms with Gasteiger partial charge in [0.2, 0.25) is 5.41 Å². The smallest absolute Gasteiger partial charge is 0.336 e. The summed E-state index contributed by atoms with van der Waals surface area (Å²) in [5.74, 6) is 0.415. The molecule has 1 aliphatic rings. The van der Waals surface area contributed by atoms with Crippen LogP contribution in [0, 0.1) is 16.7 Å². The summed E-state index contributed by atoms with van der Waals surface area (Å²) >= 11 is 0. The van der Waals surface area contributed by atoms with Gasteiger partial charge < -0.3 is 18.9 Å². The summed E-state index contributed by atoms with van der Waals surface area (Å²) in [6.45, 7) is 4.72. The summed E-state index contributed by atoms with van der Waals surface area (Å²) < 4.78 is 21.9. The number of nitrogens with zero attached hydrogens (tertiary/aromatic N) is 1. The lowest BCUT2D eigenvalue weighted by molar-refractivity contribution is -0.222. The molecule has 1 aliphatic heterocycles. The first-order chi connectivity index (χ1) is 12.1. The first-order valence-electron chi connectivity index (χ1n) is 8.73. The standard InChI is InChI=1S/C19H25NO5/c1-3-5-11-22-15-7-9-16(10-8-15)25-18(21)19(12-20)13-23-17(6-4-2)24-14-19/h7-10,17H,3-6,11,13-14H2,1-2H3. The molecule has 136 valence electrons. The highest BCUT2D eigenvalue weighted by molar-refractivity contribution is 5.82. The highest BCUT2D eigenvalue weighted by Crippen LogP contribution is 2.28. The van der Waals surface area contributed by atoms with Crippen LogP contribution in [-0.4, -0.2) is 32.1 Å². The summed E-state index contributed by atoms with van der Waals surface area (Å²) in [5, 5.41) is 9.44. The van der Waals surface area contributed by atoms with Crippen molar-refractivity contribution in [3.8, 4) is 17.6 Å². The van der Waals surface area contributed by atoms with Crippen molar-refractivity contribution in [2.24, 2.45) is 5.41 Å². The molecule has 0 unspecified atom stereocenters. The Bertz CT molecular complexity index is 585. The number of esters is 1. The molecule has 25 heavy (non-hydrogen) atoms. The predicted octanol–water partition coefficient (Wildman–Crippen LogP) is 3.45. The van der Waals surface area contributed by atoms with Crippen molar-refractivity contribution in [3.63, 3.8) is 0 Å². The van der Waals surface area contributed by atoms with E-state index in [2.05, 4.69) is 6.92 Å². The average molecular weight is 347 g/mol. The second-order valence-electron chi connectivity index (χ2n) is 6.10. The van der Waals surface area contributed by atoms with Crippen LogP contribution in [0.5, 0.6) is 11.5 Å². The third kappa shape index (κ3) is 5.18. The maximum absolute atomic E-state index is 12.4. The maximum Gasteiger partial charge on any atom is 0.336 e. The van der Waals surface area contributed by atoms with Crippen molar-refractivity contribution in [3.05, 3.63) is 24.3 Å². The van der Waals surface area contributed by atoms with Gasteiger partial charge >= 0.3 is 5.97 Å². The number of rotatable bonds is 8. The van der Waals surface area contributed by atoms with E-state index in [9.17, 15) is 10.1 Å². The third-order valence-corrected chi connectivity index (χ3v) is 3.96. The second kappa shape index (κ2) is 9.40. The van der Waals surface area contributed by atoms with Crippen LogP contribution in [0.1, 0.15) is 39.5 Å². The summed E-state index contributed by atoms with van der Waals surface area (Å²) in [7, 11) is 0. The maximum atomic E-state index is 12.4. The Labute approximate surface area is 148 Å². The van der Waals surface area contributed by atoms with Crippen LogP contribution < -0.4 is 9.47 Å². The fraction of sp³-hybridized carbons (Fsp3) is 0.579. The molecule has 0 spiro atoms. The topological polar surface area (TPSA) is 77.8 Å². The minimum absolute atomic E-state index is 0.0226. The van der Waals surface area contributed by atoms with Crippen molar-refractivity contribution in [1.29, 1.82) is 5.26 Å². The van der Waals surface area contributed by atoms with E-state index in [0.29, 0.717) is 12.4 Å². The first kappa shape index (κ1) is 19.2. The van der Waals surface area contributed by atoms with Crippen molar-refractivity contribution in [1.82, 2.24) is 0 Å². The Kier molecular flexibility index (Phi) is 7.23. The van der Waals surface area contributed by atoms with Crippen LogP contribution in [0.25, 0.3) is 0 Å². The zero-order valence-electron chi connectivity index (χ0n) is 14.8. The molecular formula is C19H25NO5. The van der Waals surface area contributed by atoms with Gasteiger partial charge in [0.1, 0.15) is 11.5 Å². The number of benzene rings is 1. The molecular weight excluding hydrogens is 322 g/mol. The van der Waals surface area contributed by atoms with Gasteiger partial charge in [-0.15, -0.1) is 0 Å². The van der Waals surface area contributed by atoms with E-state index in [-0.39, 0.29) is 19.5 Å². The number of carbonyl (C=O) groups is 1. The van der Waals surface area contributed by atoms with Crippen LogP contribution in [0.2, 0.25) is 0 Å². The molecule has 6 nitrogen and oxygen atoms in total. The van der Waals surface area contributed by atoms with Crippen LogP contribution in [-0.2, 0) is 14.3 Å². The van der Waals surface area contributed by atoms with E-state index >= 15 is 0 Å². The first-order valence-corrected chi connectivity index (χ1v) is 8.73. The Morgan fingerprint density at radius 2 is 1.84 bits per heavy atom. The number of ether oxygens (including phenoxy) is 4. The van der Waals surface area contributed by atoms with E-state index in [0.717, 1.165) is 31.4 Å². The molecule has 0 saturated carbocycles. The lowest BCUT2D eigenvalue weighted by Crippen LogP contribution is -2.48. The summed E-state index contributed by atoms with van der Waals surface area (Å²) in [6, 6.07) is 8.77. The fourth-order valence-corrected chi connectivity index (χ4v) is 2.33. The highest BCUT2D eigenvalue weighted by Gasteiger charge is 2.46. The van der Waals surface area contributed by atoms with Gasteiger partial charge in [-0.05, 0) is 37.1 Å². The van der Waals surface area contributed by atoms with E-state index in [1.807, 2.05) is 13.0 Å². The van der Waals surface area contributed by atoms with Gasteiger partial charge in [-0.3, -0.25) is 0 Å². The molecule has 0 N–H and O–H groups in total. The zero-order chi connectivity index (χ0) is 18.1. The van der Waals surface area contributed by atoms with Crippen molar-refractivity contribution < 1.29 is 23.7 Å². The fourth-order valence-electron chi connectivity index (χ4n) is 2.33. The molecule has 6 heteroatoms. The van der Waals surface area contributed by atoms with E-state index in [4.69, 9.17) is 18.9 Å². The largest absolute Gasteiger partial charge is 0.494 e. The minimum atomic E-state index is -1.43. The van der Waals surface area contributed by atoms with Gasteiger partial charge in [0.15, 0.2) is 6.29 Å². The van der Waals surface area contributed by atoms with Gasteiger partial charge in [0.05, 0.1) is 25.9 Å². The van der Waals surface area contributed by atoms with Gasteiger partial charge in [-0.2, -0.15) is 5.26 Å². The Balaban J connectivity index is 1.92. The van der Waals surface area contributed by atoms with E-state index in [1.165, 1.54) is 0 Å². The van der Waals surface area contributed by atoms with Gasteiger partial charge in [0.25, 0.3) is 0 Å². The highest BCUT2D eigenvalue weighted by atomic mass is 16.7. The molecule has 1 saturated heterocycles. The summed E-state index contributed by atoms with van der Waals surface area (Å²) in [4.78, 5) is 12.4. The quantitative estimate of drug-likeness (QED) is 0.407. The van der Waals surface area contributed by atoms with Crippen molar-refractivity contribution in [2.75, 3.05) is 19.8 Å². The van der Waals surface area contributed by atoms with Gasteiger partial charge in [-0.25, -0.2) is 4.79 Å². The molecule has 0 amide bonds. The molecule has 1 fully saturated rings. The Hall–Kier alpha value is -2.10. The Morgan fingerprint density at radius 1 is 1.20 bits per heavy atom. The molecule has 0 aliphatic carbocycles. The third-order valence-electron chi connectivity index (χ3n) is 3.96. The normalized spacial score (nSPS) is 22.8. The summed E-state index contributed by atoms with van der Waals surface area (Å²) in [6.07, 6.45) is 3.33. The molecule has 1 heterocycles. The molecule has 0 bridgehead atoms. The average Bonchev–Trinajstić information content (AvgIpc) is 2.64. The van der Waals surface area contributed by atoms with Crippen LogP contribution in [0.15, 0.2) is 24.3 Å². The van der Waals surface area contributed by atoms with Crippen LogP contribution in [0.3, 0.4) is 0 Å². The van der Waals surface area contributed by atoms with Crippen molar-refractivity contribution >= 4 is 5.97 Å². The lowest BCUT2D eigenvalue weighted by atomic mass is 9.91. The lowest BCUT2D eigenvalue weighted by Gasteiger charge is -2.33. The van der Waals surface area contributed by atoms with Crippen LogP contribution >= 0.6 is 0 Å². The number of nitriles is 1. The molecule has 0 atom stereocenters. The van der Waals surface area contributed by atoms with Crippen LogP contribution in [0.4, 0.5) is 0 Å². The number of hydrogen-bond donors (Lipinski definition) is 0. The predicted molar refractivity (Wildman–Crippen MR) is 91.1 cm³/mol. The van der Waals surface area contributed by atoms with Crippen molar-refractivity contribution in [2.45, 2.75) is 45.8 Å². The Morgan fingerprint density at radius 3 is 2.40 bits per heavy atom. The summed E-state index contributed by atoms with van der Waals surface area (Å²) in [5.41, 5.74) is -1.43. The molecule has 1 aromatic rings. The molecule has 2 rings (SSSR count). The monoisotopic (exact) mass is 347 g/mol.